The lowest BCUT2D eigenvalue weighted by Crippen LogP contribution is -1.96. The maximum Gasteiger partial charge on any atom is 0.231 e. The van der Waals surface area contributed by atoms with Crippen LogP contribution >= 0.6 is 0 Å². The Morgan fingerprint density at radius 1 is 0.857 bits per heavy atom. The van der Waals surface area contributed by atoms with Crippen molar-refractivity contribution in [2.24, 2.45) is 0 Å². The second-order valence-corrected chi connectivity index (χ2v) is 8.75. The van der Waals surface area contributed by atoms with E-state index in [2.05, 4.69) is 0 Å². The van der Waals surface area contributed by atoms with Crippen molar-refractivity contribution >= 4 is 9.84 Å². The van der Waals surface area contributed by atoms with Gasteiger partial charge < -0.3 is 14.2 Å². The average molecular weight is 396 g/mol. The smallest absolute Gasteiger partial charge is 0.231 e. The summed E-state index contributed by atoms with van der Waals surface area (Å²) in [6, 6.07) is 16.8. The average Bonchev–Trinajstić information content (AvgIpc) is 3.14. The van der Waals surface area contributed by atoms with Crippen LogP contribution in [0.4, 0.5) is 0 Å². The molecule has 3 aromatic rings. The van der Waals surface area contributed by atoms with Gasteiger partial charge in [-0.1, -0.05) is 24.3 Å². The van der Waals surface area contributed by atoms with Crippen molar-refractivity contribution in [3.63, 3.8) is 0 Å². The van der Waals surface area contributed by atoms with E-state index in [1.54, 1.807) is 19.2 Å². The molecule has 0 saturated carbocycles. The number of fused-ring (bicyclic) bond motifs is 1. The maximum atomic E-state index is 11.8. The number of hydrogen-bond acceptors (Lipinski definition) is 5. The van der Waals surface area contributed by atoms with Gasteiger partial charge in [-0.05, 0) is 65.1 Å². The normalized spacial score (nSPS) is 12.8. The van der Waals surface area contributed by atoms with Crippen LogP contribution in [0, 0.1) is 6.92 Å². The Kier molecular flexibility index (Phi) is 4.51. The molecule has 0 spiro atoms. The predicted octanol–water partition coefficient (Wildman–Crippen LogP) is 4.47. The van der Waals surface area contributed by atoms with E-state index in [1.807, 2.05) is 49.4 Å². The fourth-order valence-corrected chi connectivity index (χ4v) is 3.92. The van der Waals surface area contributed by atoms with Gasteiger partial charge in [0.2, 0.25) is 6.79 Å². The molecule has 0 amide bonds. The molecule has 0 unspecified atom stereocenters. The lowest BCUT2D eigenvalue weighted by Gasteiger charge is -2.14. The second-order valence-electron chi connectivity index (χ2n) is 6.73. The van der Waals surface area contributed by atoms with E-state index in [9.17, 15) is 8.42 Å². The lowest BCUT2D eigenvalue weighted by atomic mass is 9.93. The summed E-state index contributed by atoms with van der Waals surface area (Å²) in [7, 11) is -1.60. The molecule has 0 fully saturated rings. The molecular weight excluding hydrogens is 376 g/mol. The monoisotopic (exact) mass is 396 g/mol. The Balaban J connectivity index is 1.90. The molecule has 0 bridgehead atoms. The molecule has 0 saturated heterocycles. The molecule has 0 radical (unpaired) electrons. The van der Waals surface area contributed by atoms with Crippen LogP contribution < -0.4 is 14.2 Å². The summed E-state index contributed by atoms with van der Waals surface area (Å²) < 4.78 is 40.1. The molecule has 4 rings (SSSR count). The van der Waals surface area contributed by atoms with Gasteiger partial charge in [-0.15, -0.1) is 0 Å². The number of methoxy groups -OCH3 is 1. The van der Waals surface area contributed by atoms with E-state index >= 15 is 0 Å². The SMILES string of the molecule is COc1cc(-c2cc3c(cc2-c2ccc(S(C)(=O)=O)cc2)OCO3)ccc1C. The van der Waals surface area contributed by atoms with Crippen LogP contribution in [0.15, 0.2) is 59.5 Å². The van der Waals surface area contributed by atoms with Gasteiger partial charge in [0.25, 0.3) is 0 Å². The van der Waals surface area contributed by atoms with Crippen molar-refractivity contribution in [1.29, 1.82) is 0 Å². The molecule has 1 aliphatic heterocycles. The van der Waals surface area contributed by atoms with E-state index in [-0.39, 0.29) is 11.7 Å². The van der Waals surface area contributed by atoms with E-state index in [0.717, 1.165) is 33.6 Å². The second kappa shape index (κ2) is 6.87. The number of aryl methyl sites for hydroxylation is 1. The van der Waals surface area contributed by atoms with Gasteiger partial charge in [0.05, 0.1) is 12.0 Å². The zero-order valence-electron chi connectivity index (χ0n) is 15.9. The van der Waals surface area contributed by atoms with Crippen molar-refractivity contribution in [2.75, 3.05) is 20.2 Å². The number of sulfone groups is 1. The Morgan fingerprint density at radius 3 is 2.00 bits per heavy atom. The van der Waals surface area contributed by atoms with Crippen molar-refractivity contribution in [2.45, 2.75) is 11.8 Å². The fraction of sp³-hybridized carbons (Fsp3) is 0.182. The van der Waals surface area contributed by atoms with Crippen molar-refractivity contribution in [1.82, 2.24) is 0 Å². The van der Waals surface area contributed by atoms with Crippen LogP contribution in [-0.4, -0.2) is 28.6 Å². The number of hydrogen-bond donors (Lipinski definition) is 0. The minimum absolute atomic E-state index is 0.183. The van der Waals surface area contributed by atoms with Crippen molar-refractivity contribution in [3.8, 4) is 39.5 Å². The summed E-state index contributed by atoms with van der Waals surface area (Å²) >= 11 is 0. The van der Waals surface area contributed by atoms with Gasteiger partial charge in [0, 0.05) is 6.26 Å². The highest BCUT2D eigenvalue weighted by Crippen LogP contribution is 2.43. The Labute approximate surface area is 164 Å². The van der Waals surface area contributed by atoms with Gasteiger partial charge in [0.1, 0.15) is 5.75 Å². The Bertz CT molecular complexity index is 1150. The lowest BCUT2D eigenvalue weighted by molar-refractivity contribution is 0.174. The van der Waals surface area contributed by atoms with E-state index < -0.39 is 9.84 Å². The van der Waals surface area contributed by atoms with E-state index in [0.29, 0.717) is 11.5 Å². The summed E-state index contributed by atoms with van der Waals surface area (Å²) in [5.41, 5.74) is 4.79. The standard InChI is InChI=1S/C22H20O5S/c1-14-4-5-16(10-20(14)25-2)19-12-22-21(26-13-27-22)11-18(19)15-6-8-17(9-7-15)28(3,23)24/h4-12H,13H2,1-3H3. The molecule has 0 aliphatic carbocycles. The fourth-order valence-electron chi connectivity index (χ4n) is 3.29. The van der Waals surface area contributed by atoms with Gasteiger partial charge in [0.15, 0.2) is 21.3 Å². The highest BCUT2D eigenvalue weighted by atomic mass is 32.2. The molecule has 0 aromatic heterocycles. The third-order valence-electron chi connectivity index (χ3n) is 4.83. The summed E-state index contributed by atoms with van der Waals surface area (Å²) in [5, 5.41) is 0. The Morgan fingerprint density at radius 2 is 1.43 bits per heavy atom. The summed E-state index contributed by atoms with van der Waals surface area (Å²) in [5.74, 6) is 2.16. The zero-order chi connectivity index (χ0) is 19.9. The molecule has 0 N–H and O–H groups in total. The Hall–Kier alpha value is -2.99. The van der Waals surface area contributed by atoms with Crippen molar-refractivity contribution in [3.05, 3.63) is 60.2 Å². The third-order valence-corrected chi connectivity index (χ3v) is 5.95. The summed E-state index contributed by atoms with van der Waals surface area (Å²) in [6.45, 7) is 2.18. The quantitative estimate of drug-likeness (QED) is 0.651. The van der Waals surface area contributed by atoms with Gasteiger partial charge in [-0.3, -0.25) is 0 Å². The number of benzene rings is 3. The minimum Gasteiger partial charge on any atom is -0.496 e. The molecule has 3 aromatic carbocycles. The number of ether oxygens (including phenoxy) is 3. The van der Waals surface area contributed by atoms with E-state index in [1.165, 1.54) is 6.26 Å². The topological polar surface area (TPSA) is 61.8 Å². The van der Waals surface area contributed by atoms with Crippen molar-refractivity contribution < 1.29 is 22.6 Å². The first-order valence-corrected chi connectivity index (χ1v) is 10.6. The highest BCUT2D eigenvalue weighted by Gasteiger charge is 2.20. The molecule has 0 atom stereocenters. The largest absolute Gasteiger partial charge is 0.496 e. The zero-order valence-corrected chi connectivity index (χ0v) is 16.7. The van der Waals surface area contributed by atoms with Crippen LogP contribution in [0.2, 0.25) is 0 Å². The first-order valence-electron chi connectivity index (χ1n) is 8.76. The summed E-state index contributed by atoms with van der Waals surface area (Å²) in [4.78, 5) is 0.288. The molecule has 6 heteroatoms. The summed E-state index contributed by atoms with van der Waals surface area (Å²) in [6.07, 6.45) is 1.20. The van der Waals surface area contributed by atoms with Crippen LogP contribution in [0.5, 0.6) is 17.2 Å². The number of rotatable bonds is 4. The molecule has 144 valence electrons. The van der Waals surface area contributed by atoms with Gasteiger partial charge >= 0.3 is 0 Å². The molecule has 1 aliphatic rings. The predicted molar refractivity (Wildman–Crippen MR) is 108 cm³/mol. The van der Waals surface area contributed by atoms with Gasteiger partial charge in [-0.2, -0.15) is 0 Å². The molecule has 1 heterocycles. The third kappa shape index (κ3) is 3.31. The first kappa shape index (κ1) is 18.4. The van der Waals surface area contributed by atoms with Crippen LogP contribution in [-0.2, 0) is 9.84 Å². The molecular formula is C22H20O5S. The molecule has 28 heavy (non-hydrogen) atoms. The first-order chi connectivity index (χ1) is 13.4. The highest BCUT2D eigenvalue weighted by molar-refractivity contribution is 7.90. The van der Waals surface area contributed by atoms with Crippen LogP contribution in [0.25, 0.3) is 22.3 Å². The van der Waals surface area contributed by atoms with Gasteiger partial charge in [-0.25, -0.2) is 8.42 Å². The molecule has 5 nitrogen and oxygen atoms in total. The maximum absolute atomic E-state index is 11.8. The van der Waals surface area contributed by atoms with E-state index in [4.69, 9.17) is 14.2 Å². The minimum atomic E-state index is -3.25. The van der Waals surface area contributed by atoms with Crippen LogP contribution in [0.3, 0.4) is 0 Å². The van der Waals surface area contributed by atoms with Crippen LogP contribution in [0.1, 0.15) is 5.56 Å².